The van der Waals surface area contributed by atoms with Crippen molar-refractivity contribution in [3.63, 3.8) is 0 Å². The minimum absolute atomic E-state index is 0.172. The van der Waals surface area contributed by atoms with Crippen LogP contribution in [0.25, 0.3) is 31.5 Å². The third kappa shape index (κ3) is 7.90. The summed E-state index contributed by atoms with van der Waals surface area (Å²) >= 11 is 0. The number of benzene rings is 2. The molecule has 0 bridgehead atoms. The monoisotopic (exact) mass is 726 g/mol. The molecule has 14 heteroatoms. The first-order valence-electron chi connectivity index (χ1n) is 18.0. The number of nitrogens with zero attached hydrogens (tertiary/aromatic N) is 8. The number of hydrogen-bond acceptors (Lipinski definition) is 10. The molecule has 2 fully saturated rings. The van der Waals surface area contributed by atoms with Crippen LogP contribution in [-0.2, 0) is 22.7 Å². The minimum atomic E-state index is -0.183. The number of ether oxygens (including phenoxy) is 4. The minimum Gasteiger partial charge on any atom is -0.472 e. The topological polar surface area (TPSA) is 159 Å². The maximum Gasteiger partial charge on any atom is 0.248 e. The molecule has 276 valence electrons. The molecule has 0 saturated carbocycles. The first-order valence-corrected chi connectivity index (χ1v) is 18.0. The van der Waals surface area contributed by atoms with E-state index in [9.17, 15) is 0 Å². The smallest absolute Gasteiger partial charge is 0.248 e. The van der Waals surface area contributed by atoms with Crippen molar-refractivity contribution in [3.05, 3.63) is 119 Å². The average Bonchev–Trinajstić information content (AvgIpc) is 3.48. The number of rotatable bonds is 8. The predicted octanol–water partition coefficient (Wildman–Crippen LogP) is 6.46. The Balaban J connectivity index is 0.000000167. The molecular weight excluding hydrogens is 685 g/mol. The van der Waals surface area contributed by atoms with Crippen LogP contribution in [0.4, 0.5) is 11.6 Å². The molecule has 0 radical (unpaired) electrons. The van der Waals surface area contributed by atoms with E-state index in [-0.39, 0.29) is 24.2 Å². The standard InChI is InChI=1S/2C20H21N5O2/c2*1-22-15-8-5-11-26-13-17(15)25-16-9-10-23-20(18(16)19(21)24-25)27-12-14-6-3-2-4-7-14/h2*2-4,6-7,9-10,15,17H,5,8,11-13H2,(H2,21,24)/t2*15-,17?/m10/s1. The maximum atomic E-state index is 7.55. The first kappa shape index (κ1) is 36.2. The van der Waals surface area contributed by atoms with E-state index < -0.39 is 0 Å². The van der Waals surface area contributed by atoms with Gasteiger partial charge in [-0.2, -0.15) is 10.2 Å². The van der Waals surface area contributed by atoms with Gasteiger partial charge in [0, 0.05) is 38.4 Å². The zero-order valence-corrected chi connectivity index (χ0v) is 29.8. The van der Waals surface area contributed by atoms with Gasteiger partial charge < -0.3 is 40.1 Å². The first-order chi connectivity index (χ1) is 26.6. The average molecular weight is 727 g/mol. The highest BCUT2D eigenvalue weighted by molar-refractivity contribution is 5.94. The Morgan fingerprint density at radius 1 is 0.648 bits per heavy atom. The van der Waals surface area contributed by atoms with Crippen LogP contribution in [0.15, 0.2) is 85.2 Å². The Hall–Kier alpha value is -6.22. The van der Waals surface area contributed by atoms with Crippen molar-refractivity contribution in [1.82, 2.24) is 29.5 Å². The summed E-state index contributed by atoms with van der Waals surface area (Å²) in [5.74, 6) is 1.62. The molecule has 14 nitrogen and oxygen atoms in total. The molecule has 6 heterocycles. The van der Waals surface area contributed by atoms with Crippen LogP contribution in [0.5, 0.6) is 11.8 Å². The molecule has 4 aromatic heterocycles. The zero-order valence-electron chi connectivity index (χ0n) is 29.8. The van der Waals surface area contributed by atoms with Gasteiger partial charge in [-0.05, 0) is 36.1 Å². The third-order valence-electron chi connectivity index (χ3n) is 9.66. The second-order valence-corrected chi connectivity index (χ2v) is 13.2. The lowest BCUT2D eigenvalue weighted by Crippen LogP contribution is -2.25. The molecule has 0 aliphatic carbocycles. The van der Waals surface area contributed by atoms with E-state index >= 15 is 0 Å². The van der Waals surface area contributed by atoms with Gasteiger partial charge in [0.15, 0.2) is 23.7 Å². The predicted molar refractivity (Wildman–Crippen MR) is 204 cm³/mol. The molecule has 54 heavy (non-hydrogen) atoms. The van der Waals surface area contributed by atoms with Gasteiger partial charge in [-0.1, -0.05) is 60.7 Å². The Labute approximate surface area is 313 Å². The second kappa shape index (κ2) is 17.1. The molecule has 2 aromatic carbocycles. The molecule has 6 aromatic rings. The summed E-state index contributed by atoms with van der Waals surface area (Å²) in [6.45, 7) is 18.1. The zero-order chi connectivity index (χ0) is 37.3. The van der Waals surface area contributed by atoms with Crippen LogP contribution in [0, 0.1) is 13.1 Å². The summed E-state index contributed by atoms with van der Waals surface area (Å²) in [7, 11) is 0. The molecule has 2 aliphatic rings. The van der Waals surface area contributed by atoms with Crippen LogP contribution >= 0.6 is 0 Å². The highest BCUT2D eigenvalue weighted by Crippen LogP contribution is 2.35. The highest BCUT2D eigenvalue weighted by atomic mass is 16.5. The summed E-state index contributed by atoms with van der Waals surface area (Å²) in [6, 6.07) is 22.8. The summed E-state index contributed by atoms with van der Waals surface area (Å²) in [5.41, 5.74) is 16.1. The lowest BCUT2D eigenvalue weighted by Gasteiger charge is -2.17. The quantitative estimate of drug-likeness (QED) is 0.167. The van der Waals surface area contributed by atoms with Crippen LogP contribution in [0.1, 0.15) is 48.9 Å². The van der Waals surface area contributed by atoms with E-state index in [4.69, 9.17) is 43.6 Å². The lowest BCUT2D eigenvalue weighted by atomic mass is 10.1. The number of nitrogen functional groups attached to an aromatic ring is 2. The van der Waals surface area contributed by atoms with Gasteiger partial charge in [-0.15, -0.1) is 0 Å². The van der Waals surface area contributed by atoms with Gasteiger partial charge in [0.1, 0.15) is 24.0 Å². The van der Waals surface area contributed by atoms with Gasteiger partial charge in [0.05, 0.1) is 24.2 Å². The second-order valence-electron chi connectivity index (χ2n) is 13.2. The van der Waals surface area contributed by atoms with Crippen LogP contribution in [0.2, 0.25) is 0 Å². The fourth-order valence-electron chi connectivity index (χ4n) is 6.92. The molecular formula is C40H42N10O4. The number of pyridine rings is 2. The number of fused-ring (bicyclic) bond motifs is 2. The Morgan fingerprint density at radius 2 is 1.07 bits per heavy atom. The van der Waals surface area contributed by atoms with Gasteiger partial charge >= 0.3 is 0 Å². The summed E-state index contributed by atoms with van der Waals surface area (Å²) in [5, 5.41) is 10.4. The third-order valence-corrected chi connectivity index (χ3v) is 9.66. The van der Waals surface area contributed by atoms with Gasteiger partial charge in [-0.3, -0.25) is 0 Å². The molecule has 0 amide bonds. The Kier molecular flexibility index (Phi) is 11.4. The van der Waals surface area contributed by atoms with Gasteiger partial charge in [0.2, 0.25) is 23.8 Å². The van der Waals surface area contributed by atoms with Crippen molar-refractivity contribution >= 4 is 33.4 Å². The number of anilines is 2. The molecule has 8 rings (SSSR count). The normalized spacial score (nSPS) is 20.1. The van der Waals surface area contributed by atoms with E-state index in [0.29, 0.717) is 73.8 Å². The van der Waals surface area contributed by atoms with Crippen molar-refractivity contribution in [1.29, 1.82) is 0 Å². The lowest BCUT2D eigenvalue weighted by molar-refractivity contribution is 0.115. The number of hydrogen-bond donors (Lipinski definition) is 2. The van der Waals surface area contributed by atoms with Crippen LogP contribution in [-0.4, -0.2) is 68.0 Å². The molecule has 4 atom stereocenters. The van der Waals surface area contributed by atoms with E-state index in [1.54, 1.807) is 12.4 Å². The van der Waals surface area contributed by atoms with Crippen molar-refractivity contribution in [2.24, 2.45) is 0 Å². The molecule has 2 saturated heterocycles. The van der Waals surface area contributed by atoms with E-state index in [1.807, 2.05) is 82.2 Å². The summed E-state index contributed by atoms with van der Waals surface area (Å²) in [6.07, 6.45) is 6.71. The molecule has 4 N–H and O–H groups in total. The Bertz CT molecular complexity index is 2090. The SMILES string of the molecule is [C-]#[N+][C@@H]1CCCOCC1n1nc(N)c2c(OCc3ccccc3)nccc21.[C-]#[N+][C@H]1CCCOCC1n1nc(N)c2c(OCc3ccccc3)nccc21. The summed E-state index contributed by atoms with van der Waals surface area (Å²) < 4.78 is 26.9. The van der Waals surface area contributed by atoms with Crippen molar-refractivity contribution in [3.8, 4) is 11.8 Å². The largest absolute Gasteiger partial charge is 0.472 e. The van der Waals surface area contributed by atoms with Crippen molar-refractivity contribution < 1.29 is 18.9 Å². The number of aromatic nitrogens is 6. The van der Waals surface area contributed by atoms with E-state index in [0.717, 1.165) is 47.8 Å². The fraction of sp³-hybridized carbons (Fsp3) is 0.350. The Morgan fingerprint density at radius 3 is 1.48 bits per heavy atom. The van der Waals surface area contributed by atoms with Gasteiger partial charge in [-0.25, -0.2) is 32.5 Å². The van der Waals surface area contributed by atoms with Crippen LogP contribution < -0.4 is 20.9 Å². The van der Waals surface area contributed by atoms with E-state index in [1.165, 1.54) is 0 Å². The highest BCUT2D eigenvalue weighted by Gasteiger charge is 2.34. The molecule has 2 aliphatic heterocycles. The molecule has 2 unspecified atom stereocenters. The van der Waals surface area contributed by atoms with E-state index in [2.05, 4.69) is 29.9 Å². The maximum absolute atomic E-state index is 7.55. The molecule has 0 spiro atoms. The number of nitrogens with two attached hydrogens (primary N) is 2. The van der Waals surface area contributed by atoms with Crippen molar-refractivity contribution in [2.45, 2.75) is 63.1 Å². The van der Waals surface area contributed by atoms with Crippen molar-refractivity contribution in [2.75, 3.05) is 37.9 Å². The summed E-state index contributed by atoms with van der Waals surface area (Å²) in [4.78, 5) is 16.3. The van der Waals surface area contributed by atoms with Gasteiger partial charge in [0.25, 0.3) is 0 Å². The van der Waals surface area contributed by atoms with Crippen LogP contribution in [0.3, 0.4) is 0 Å². The fourth-order valence-corrected chi connectivity index (χ4v) is 6.92.